The van der Waals surface area contributed by atoms with Crippen molar-refractivity contribution in [2.24, 2.45) is 5.73 Å². The number of nitrogens with zero attached hydrogens (tertiary/aromatic N) is 4. The first-order valence-corrected chi connectivity index (χ1v) is 6.30. The molecule has 2 heterocycles. The third kappa shape index (κ3) is 3.65. The Morgan fingerprint density at radius 2 is 2.14 bits per heavy atom. The lowest BCUT2D eigenvalue weighted by atomic mass is 9.96. The van der Waals surface area contributed by atoms with Crippen molar-refractivity contribution in [3.05, 3.63) is 24.0 Å². The Hall–Kier alpha value is -2.71. The molecule has 0 aromatic carbocycles. The van der Waals surface area contributed by atoms with E-state index in [-0.39, 0.29) is 17.8 Å². The van der Waals surface area contributed by atoms with Crippen molar-refractivity contribution in [3.63, 3.8) is 0 Å². The maximum atomic E-state index is 12.0. The first kappa shape index (κ1) is 14.7. The molecule has 0 aliphatic rings. The van der Waals surface area contributed by atoms with Crippen molar-refractivity contribution in [3.8, 4) is 0 Å². The van der Waals surface area contributed by atoms with E-state index in [1.165, 1.54) is 17.1 Å². The Morgan fingerprint density at radius 1 is 1.43 bits per heavy atom. The van der Waals surface area contributed by atoms with Gasteiger partial charge in [0.25, 0.3) is 5.91 Å². The fraction of sp³-hybridized carbons (Fsp3) is 0.417. The van der Waals surface area contributed by atoms with Crippen molar-refractivity contribution in [2.75, 3.05) is 5.32 Å². The summed E-state index contributed by atoms with van der Waals surface area (Å²) in [5.41, 5.74) is 5.27. The molecule has 4 N–H and O–H groups in total. The van der Waals surface area contributed by atoms with Crippen LogP contribution in [0.15, 0.2) is 12.4 Å². The van der Waals surface area contributed by atoms with Gasteiger partial charge in [-0.15, -0.1) is 5.10 Å². The summed E-state index contributed by atoms with van der Waals surface area (Å²) in [6.07, 6.45) is 2.91. The highest BCUT2D eigenvalue weighted by Gasteiger charge is 2.21. The van der Waals surface area contributed by atoms with Crippen LogP contribution in [-0.2, 0) is 16.8 Å². The van der Waals surface area contributed by atoms with Crippen molar-refractivity contribution >= 4 is 17.5 Å². The lowest BCUT2D eigenvalue weighted by molar-refractivity contribution is -0.118. The Balaban J connectivity index is 2.06. The molecule has 0 fully saturated rings. The van der Waals surface area contributed by atoms with Crippen LogP contribution in [0, 0.1) is 0 Å². The molecular weight excluding hydrogens is 274 g/mol. The zero-order valence-electron chi connectivity index (χ0n) is 12.0. The molecule has 9 heteroatoms. The molecule has 2 aromatic rings. The molecule has 21 heavy (non-hydrogen) atoms. The first-order chi connectivity index (χ1) is 9.75. The summed E-state index contributed by atoms with van der Waals surface area (Å²) in [5, 5.41) is 13.1. The normalized spacial score (nSPS) is 11.4. The number of aromatic nitrogens is 5. The van der Waals surface area contributed by atoms with E-state index in [0.717, 1.165) is 0 Å². The van der Waals surface area contributed by atoms with Gasteiger partial charge in [0.1, 0.15) is 12.4 Å². The minimum absolute atomic E-state index is 0.0441. The Kier molecular flexibility index (Phi) is 3.74. The second kappa shape index (κ2) is 5.35. The highest BCUT2D eigenvalue weighted by molar-refractivity contribution is 6.01. The van der Waals surface area contributed by atoms with Crippen LogP contribution in [0.5, 0.6) is 0 Å². The number of hydrogen-bond acceptors (Lipinski definition) is 5. The molecule has 0 bridgehead atoms. The van der Waals surface area contributed by atoms with Gasteiger partial charge in [-0.25, -0.2) is 4.98 Å². The van der Waals surface area contributed by atoms with Gasteiger partial charge >= 0.3 is 0 Å². The number of primary amides is 1. The van der Waals surface area contributed by atoms with Crippen molar-refractivity contribution in [1.82, 2.24) is 25.0 Å². The summed E-state index contributed by atoms with van der Waals surface area (Å²) in [6, 6.07) is 0. The number of aromatic amines is 1. The van der Waals surface area contributed by atoms with Crippen LogP contribution >= 0.6 is 0 Å². The van der Waals surface area contributed by atoms with Crippen LogP contribution in [0.25, 0.3) is 0 Å². The summed E-state index contributed by atoms with van der Waals surface area (Å²) in [7, 11) is 0. The van der Waals surface area contributed by atoms with Crippen molar-refractivity contribution in [1.29, 1.82) is 0 Å². The fourth-order valence-corrected chi connectivity index (χ4v) is 1.56. The summed E-state index contributed by atoms with van der Waals surface area (Å²) in [5.74, 6) is -0.306. The lowest BCUT2D eigenvalue weighted by Gasteiger charge is -2.12. The van der Waals surface area contributed by atoms with E-state index in [1.54, 1.807) is 0 Å². The number of H-pyrrole nitrogens is 1. The Labute approximate surface area is 120 Å². The molecule has 0 spiro atoms. The molecular formula is C12H17N7O2. The number of anilines is 1. The second-order valence-corrected chi connectivity index (χ2v) is 5.60. The quantitative estimate of drug-likeness (QED) is 0.731. The summed E-state index contributed by atoms with van der Waals surface area (Å²) >= 11 is 0. The molecule has 0 saturated carbocycles. The minimum atomic E-state index is -0.514. The van der Waals surface area contributed by atoms with Gasteiger partial charge in [-0.1, -0.05) is 20.8 Å². The van der Waals surface area contributed by atoms with E-state index in [2.05, 4.69) is 25.6 Å². The minimum Gasteiger partial charge on any atom is -0.368 e. The molecule has 0 aliphatic carbocycles. The predicted octanol–water partition coefficient (Wildman–Crippen LogP) is 0.0363. The van der Waals surface area contributed by atoms with E-state index < -0.39 is 11.8 Å². The van der Waals surface area contributed by atoms with Crippen LogP contribution in [0.4, 0.5) is 5.69 Å². The van der Waals surface area contributed by atoms with Crippen LogP contribution in [-0.4, -0.2) is 36.8 Å². The van der Waals surface area contributed by atoms with E-state index >= 15 is 0 Å². The van der Waals surface area contributed by atoms with Gasteiger partial charge in [0.15, 0.2) is 0 Å². The number of carbonyl (C=O) groups excluding carboxylic acids is 2. The molecule has 0 aliphatic heterocycles. The second-order valence-electron chi connectivity index (χ2n) is 5.60. The topological polar surface area (TPSA) is 132 Å². The Bertz CT molecular complexity index is 665. The standard InChI is InChI=1S/C12H17N7O2/c1-12(2,3)11-16-9(17-18-11)10(21)15-7-4-14-19(5-7)6-8(13)20/h4-5H,6H2,1-3H3,(H2,13,20)(H,15,21)(H,16,17,18). The number of amides is 2. The molecule has 2 amide bonds. The Morgan fingerprint density at radius 3 is 2.71 bits per heavy atom. The van der Waals surface area contributed by atoms with Gasteiger partial charge in [-0.2, -0.15) is 5.10 Å². The summed E-state index contributed by atoms with van der Waals surface area (Å²) in [6.45, 7) is 5.83. The van der Waals surface area contributed by atoms with E-state index in [1.807, 2.05) is 20.8 Å². The van der Waals surface area contributed by atoms with Gasteiger partial charge in [-0.05, 0) is 0 Å². The average molecular weight is 291 g/mol. The van der Waals surface area contributed by atoms with Crippen LogP contribution in [0.1, 0.15) is 37.2 Å². The molecule has 9 nitrogen and oxygen atoms in total. The molecule has 2 aromatic heterocycles. The van der Waals surface area contributed by atoms with Crippen molar-refractivity contribution in [2.45, 2.75) is 32.7 Å². The number of nitrogens with two attached hydrogens (primary N) is 1. The third-order valence-electron chi connectivity index (χ3n) is 2.61. The fourth-order valence-electron chi connectivity index (χ4n) is 1.56. The molecule has 112 valence electrons. The van der Waals surface area contributed by atoms with Gasteiger partial charge in [0.2, 0.25) is 11.7 Å². The van der Waals surface area contributed by atoms with Gasteiger partial charge in [0, 0.05) is 11.6 Å². The molecule has 0 unspecified atom stereocenters. The zero-order valence-corrected chi connectivity index (χ0v) is 12.0. The number of hydrogen-bond donors (Lipinski definition) is 3. The highest BCUT2D eigenvalue weighted by atomic mass is 16.2. The number of carbonyl (C=O) groups is 2. The average Bonchev–Trinajstić information content (AvgIpc) is 2.96. The van der Waals surface area contributed by atoms with Crippen LogP contribution < -0.4 is 11.1 Å². The largest absolute Gasteiger partial charge is 0.368 e. The molecule has 0 atom stereocenters. The van der Waals surface area contributed by atoms with Gasteiger partial charge in [0.05, 0.1) is 11.9 Å². The zero-order chi connectivity index (χ0) is 15.6. The third-order valence-corrected chi connectivity index (χ3v) is 2.61. The smallest absolute Gasteiger partial charge is 0.295 e. The molecule has 0 radical (unpaired) electrons. The summed E-state index contributed by atoms with van der Waals surface area (Å²) in [4.78, 5) is 26.9. The molecule has 0 saturated heterocycles. The van der Waals surface area contributed by atoms with E-state index in [9.17, 15) is 9.59 Å². The predicted molar refractivity (Wildman–Crippen MR) is 74.5 cm³/mol. The monoisotopic (exact) mass is 291 g/mol. The van der Waals surface area contributed by atoms with Crippen LogP contribution in [0.3, 0.4) is 0 Å². The lowest BCUT2D eigenvalue weighted by Crippen LogP contribution is -2.19. The summed E-state index contributed by atoms with van der Waals surface area (Å²) < 4.78 is 1.33. The maximum Gasteiger partial charge on any atom is 0.295 e. The van der Waals surface area contributed by atoms with E-state index in [4.69, 9.17) is 5.73 Å². The molecule has 2 rings (SSSR count). The van der Waals surface area contributed by atoms with Gasteiger partial charge in [-0.3, -0.25) is 19.4 Å². The highest BCUT2D eigenvalue weighted by Crippen LogP contribution is 2.17. The maximum absolute atomic E-state index is 12.0. The SMILES string of the molecule is CC(C)(C)c1nc(C(=O)Nc2cnn(CC(N)=O)c2)n[nH]1. The van der Waals surface area contributed by atoms with Gasteiger partial charge < -0.3 is 11.1 Å². The number of rotatable bonds is 4. The number of nitrogens with one attached hydrogen (secondary N) is 2. The van der Waals surface area contributed by atoms with Crippen molar-refractivity contribution < 1.29 is 9.59 Å². The van der Waals surface area contributed by atoms with E-state index in [0.29, 0.717) is 11.5 Å². The van der Waals surface area contributed by atoms with Crippen LogP contribution in [0.2, 0.25) is 0 Å². The first-order valence-electron chi connectivity index (χ1n) is 6.30.